The molecule has 52 valence electrons. The molecule has 4 N–H and O–H groups in total. The van der Waals surface area contributed by atoms with Crippen molar-refractivity contribution in [3.05, 3.63) is 0 Å². The minimum absolute atomic E-state index is 0. The summed E-state index contributed by atoms with van der Waals surface area (Å²) in [5.41, 5.74) is 0. The minimum atomic E-state index is -4.67. The van der Waals surface area contributed by atoms with Crippen LogP contribution >= 0.6 is 0 Å². The van der Waals surface area contributed by atoms with Gasteiger partial charge in [0, 0.05) is 38.8 Å². The van der Waals surface area contributed by atoms with Crippen molar-refractivity contribution in [2.24, 2.45) is 0 Å². The molecule has 5 nitrogen and oxygen atoms in total. The molecule has 0 saturated heterocycles. The van der Waals surface area contributed by atoms with Crippen molar-refractivity contribution in [3.8, 4) is 0 Å². The second kappa shape index (κ2) is 8.06. The fourth-order valence-corrected chi connectivity index (χ4v) is 0. The Balaban J connectivity index is -0.0000000267. The summed E-state index contributed by atoms with van der Waals surface area (Å²) in [5.74, 6) is 0. The van der Waals surface area contributed by atoms with E-state index in [1.807, 2.05) is 0 Å². The van der Waals surface area contributed by atoms with Crippen LogP contribution in [0.3, 0.4) is 0 Å². The number of rotatable bonds is 0. The molecule has 0 aromatic rings. The molecule has 0 aliphatic rings. The Morgan fingerprint density at radius 3 is 1.12 bits per heavy atom. The van der Waals surface area contributed by atoms with Gasteiger partial charge in [0.05, 0.1) is 0 Å². The van der Waals surface area contributed by atoms with Gasteiger partial charge < -0.3 is 5.48 Å². The predicted octanol–water partition coefficient (Wildman–Crippen LogP) is -1.48. The van der Waals surface area contributed by atoms with E-state index in [-0.39, 0.29) is 44.3 Å². The molecule has 8 heavy (non-hydrogen) atoms. The van der Waals surface area contributed by atoms with Crippen molar-refractivity contribution in [2.45, 2.75) is 0 Å². The van der Waals surface area contributed by atoms with Crippen molar-refractivity contribution in [1.29, 1.82) is 0 Å². The van der Waals surface area contributed by atoms with Gasteiger partial charge in [-0.2, -0.15) is 8.42 Å². The molecule has 0 unspecified atom stereocenters. The van der Waals surface area contributed by atoms with Crippen molar-refractivity contribution >= 4 is 10.4 Å². The second-order valence-electron chi connectivity index (χ2n) is 0.448. The normalized spacial score (nSPS) is 7.25. The molecule has 0 spiro atoms. The van der Waals surface area contributed by atoms with Gasteiger partial charge in [-0.3, -0.25) is 9.11 Å². The molecule has 0 fully saturated rings. The third-order valence-electron chi connectivity index (χ3n) is 0. The summed E-state index contributed by atoms with van der Waals surface area (Å²) >= 11 is 0. The van der Waals surface area contributed by atoms with E-state index in [2.05, 4.69) is 0 Å². The summed E-state index contributed by atoms with van der Waals surface area (Å²) in [7, 11) is -4.67. The maximum absolute atomic E-state index is 8.74. The Morgan fingerprint density at radius 2 is 1.12 bits per heavy atom. The fraction of sp³-hybridized carbons (Fsp3) is 0. The second-order valence-corrected chi connectivity index (χ2v) is 1.34. The van der Waals surface area contributed by atoms with E-state index in [4.69, 9.17) is 17.5 Å². The van der Waals surface area contributed by atoms with Gasteiger partial charge >= 0.3 is 10.4 Å². The maximum atomic E-state index is 8.74. The van der Waals surface area contributed by atoms with Gasteiger partial charge in [0.1, 0.15) is 0 Å². The third kappa shape index (κ3) is 230. The van der Waals surface area contributed by atoms with Crippen LogP contribution in [0, 0.1) is 0 Å². The minimum Gasteiger partial charge on any atom is -0.412 e. The first-order valence-electron chi connectivity index (χ1n) is 0.698. The summed E-state index contributed by atoms with van der Waals surface area (Å²) in [4.78, 5) is 0. The Kier molecular flexibility index (Phi) is 23.2. The molecule has 0 heterocycles. The molecule has 0 rings (SSSR count). The Bertz CT molecular complexity index is 95.6. The first-order valence-corrected chi connectivity index (χ1v) is 2.10. The van der Waals surface area contributed by atoms with E-state index in [1.54, 1.807) is 0 Å². The van der Waals surface area contributed by atoms with Crippen LogP contribution in [0.25, 0.3) is 0 Å². The van der Waals surface area contributed by atoms with Crippen molar-refractivity contribution < 1.29 is 61.8 Å². The maximum Gasteiger partial charge on any atom is 0.394 e. The molecular formula is H4FeO5STi. The predicted molar refractivity (Wildman–Crippen MR) is 17.8 cm³/mol. The fourth-order valence-electron chi connectivity index (χ4n) is 0. The van der Waals surface area contributed by atoms with E-state index >= 15 is 0 Å². The van der Waals surface area contributed by atoms with Crippen LogP contribution in [0.5, 0.6) is 0 Å². The molecule has 0 aliphatic heterocycles. The van der Waals surface area contributed by atoms with Gasteiger partial charge in [-0.05, 0) is 0 Å². The molecule has 0 atom stereocenters. The van der Waals surface area contributed by atoms with Gasteiger partial charge in [0.25, 0.3) is 0 Å². The van der Waals surface area contributed by atoms with E-state index in [1.165, 1.54) is 0 Å². The molecule has 0 bridgehead atoms. The molecular weight excluding hydrogens is 216 g/mol. The Morgan fingerprint density at radius 1 is 1.12 bits per heavy atom. The van der Waals surface area contributed by atoms with Crippen LogP contribution in [-0.2, 0) is 49.2 Å². The van der Waals surface area contributed by atoms with Crippen LogP contribution < -0.4 is 0 Å². The van der Waals surface area contributed by atoms with Crippen molar-refractivity contribution in [1.82, 2.24) is 0 Å². The summed E-state index contributed by atoms with van der Waals surface area (Å²) in [5, 5.41) is 0. The average molecular weight is 220 g/mol. The molecule has 0 radical (unpaired) electrons. The van der Waals surface area contributed by atoms with E-state index < -0.39 is 10.4 Å². The zero-order chi connectivity index (χ0) is 4.50. The quantitative estimate of drug-likeness (QED) is 0.383. The average Bonchev–Trinajstić information content (AvgIpc) is 0.722. The molecule has 0 amide bonds. The SMILES string of the molecule is O.O=S(=O)(O)O.[Fe].[Ti]. The Hall–Kier alpha value is 1.06. The Labute approximate surface area is 72.1 Å². The number of hydrogen-bond acceptors (Lipinski definition) is 2. The van der Waals surface area contributed by atoms with Gasteiger partial charge in [0.15, 0.2) is 0 Å². The molecule has 0 aromatic heterocycles. The third-order valence-corrected chi connectivity index (χ3v) is 0. The van der Waals surface area contributed by atoms with Crippen LogP contribution in [0.2, 0.25) is 0 Å². The summed E-state index contributed by atoms with van der Waals surface area (Å²) in [6, 6.07) is 0. The van der Waals surface area contributed by atoms with Crippen LogP contribution in [0.1, 0.15) is 0 Å². The number of hydrogen-bond donors (Lipinski definition) is 2. The standard InChI is InChI=1S/Fe.H2O4S.H2O.Ti/c;1-5(2,3)4;;/h;(H2,1,2,3,4);1H2;. The van der Waals surface area contributed by atoms with E-state index in [9.17, 15) is 0 Å². The van der Waals surface area contributed by atoms with E-state index in [0.29, 0.717) is 0 Å². The van der Waals surface area contributed by atoms with Gasteiger partial charge in [-0.25, -0.2) is 0 Å². The summed E-state index contributed by atoms with van der Waals surface area (Å²) in [6.07, 6.45) is 0. The van der Waals surface area contributed by atoms with Gasteiger partial charge in [0.2, 0.25) is 0 Å². The molecule has 0 aliphatic carbocycles. The first kappa shape index (κ1) is 23.0. The van der Waals surface area contributed by atoms with Crippen LogP contribution in [-0.4, -0.2) is 23.0 Å². The largest absolute Gasteiger partial charge is 0.412 e. The topological polar surface area (TPSA) is 106 Å². The van der Waals surface area contributed by atoms with Gasteiger partial charge in [-0.15, -0.1) is 0 Å². The summed E-state index contributed by atoms with van der Waals surface area (Å²) < 4.78 is 31.6. The summed E-state index contributed by atoms with van der Waals surface area (Å²) in [6.45, 7) is 0. The van der Waals surface area contributed by atoms with Crippen LogP contribution in [0.4, 0.5) is 0 Å². The first-order chi connectivity index (χ1) is 2.00. The molecule has 0 aromatic carbocycles. The molecule has 8 heteroatoms. The van der Waals surface area contributed by atoms with E-state index in [0.717, 1.165) is 0 Å². The van der Waals surface area contributed by atoms with Gasteiger partial charge in [-0.1, -0.05) is 0 Å². The zero-order valence-corrected chi connectivity index (χ0v) is 6.95. The van der Waals surface area contributed by atoms with Crippen molar-refractivity contribution in [3.63, 3.8) is 0 Å². The van der Waals surface area contributed by atoms with Crippen molar-refractivity contribution in [2.75, 3.05) is 0 Å². The smallest absolute Gasteiger partial charge is 0.394 e. The monoisotopic (exact) mass is 220 g/mol. The molecule has 0 saturated carbocycles. The zero-order valence-electron chi connectivity index (χ0n) is 3.47. The van der Waals surface area contributed by atoms with Crippen LogP contribution in [0.15, 0.2) is 0 Å².